The molecule has 2 heterocycles. The highest BCUT2D eigenvalue weighted by Gasteiger charge is 2.22. The molecule has 2 aliphatic rings. The van der Waals surface area contributed by atoms with Crippen LogP contribution in [0, 0.1) is 0 Å². The van der Waals surface area contributed by atoms with Crippen molar-refractivity contribution in [2.75, 3.05) is 37.6 Å². The Morgan fingerprint density at radius 2 is 1.79 bits per heavy atom. The molecule has 0 radical (unpaired) electrons. The number of fused-ring (bicyclic) bond motifs is 2. The molecule has 0 N–H and O–H groups in total. The van der Waals surface area contributed by atoms with Crippen molar-refractivity contribution in [1.29, 1.82) is 0 Å². The minimum atomic E-state index is 0.300. The van der Waals surface area contributed by atoms with Gasteiger partial charge in [0.05, 0.1) is 4.70 Å². The molecule has 1 aliphatic carbocycles. The van der Waals surface area contributed by atoms with Gasteiger partial charge in [0.15, 0.2) is 0 Å². The van der Waals surface area contributed by atoms with E-state index in [2.05, 4.69) is 40.1 Å². The molecule has 0 amide bonds. The number of anilines is 1. The van der Waals surface area contributed by atoms with E-state index in [-0.39, 0.29) is 0 Å². The third-order valence-electron chi connectivity index (χ3n) is 5.87. The quantitative estimate of drug-likeness (QED) is 0.650. The van der Waals surface area contributed by atoms with Crippen molar-refractivity contribution in [1.82, 2.24) is 9.27 Å². The predicted octanol–water partition coefficient (Wildman–Crippen LogP) is 3.98. The second kappa shape index (κ2) is 7.47. The molecule has 0 spiro atoms. The molecule has 6 heteroatoms. The number of hydrogen-bond acceptors (Lipinski definition) is 5. The first-order valence-electron chi connectivity index (χ1n) is 9.81. The highest BCUT2D eigenvalue weighted by atomic mass is 35.5. The van der Waals surface area contributed by atoms with E-state index in [1.807, 2.05) is 6.07 Å². The first kappa shape index (κ1) is 18.1. The van der Waals surface area contributed by atoms with Crippen LogP contribution in [0.15, 0.2) is 36.4 Å². The van der Waals surface area contributed by atoms with Crippen LogP contribution in [-0.4, -0.2) is 47.8 Å². The van der Waals surface area contributed by atoms with Gasteiger partial charge in [-0.15, -0.1) is 0 Å². The van der Waals surface area contributed by atoms with Gasteiger partial charge in [-0.25, -0.2) is 0 Å². The van der Waals surface area contributed by atoms with Crippen molar-refractivity contribution in [3.8, 4) is 0 Å². The number of rotatable bonds is 4. The van der Waals surface area contributed by atoms with Gasteiger partial charge in [-0.2, -0.15) is 4.37 Å². The van der Waals surface area contributed by atoms with Gasteiger partial charge in [-0.1, -0.05) is 29.8 Å². The molecular formula is C22H22ClN3OS. The lowest BCUT2D eigenvalue weighted by Gasteiger charge is -2.35. The van der Waals surface area contributed by atoms with Gasteiger partial charge in [0.2, 0.25) is 0 Å². The van der Waals surface area contributed by atoms with E-state index in [1.54, 1.807) is 11.5 Å². The molecule has 5 rings (SSSR count). The molecule has 1 aliphatic heterocycles. The van der Waals surface area contributed by atoms with E-state index in [1.165, 1.54) is 21.2 Å². The Balaban J connectivity index is 1.20. The molecule has 2 aromatic carbocycles. The van der Waals surface area contributed by atoms with E-state index in [4.69, 9.17) is 16.0 Å². The van der Waals surface area contributed by atoms with Gasteiger partial charge in [0, 0.05) is 56.0 Å². The van der Waals surface area contributed by atoms with Gasteiger partial charge >= 0.3 is 0 Å². The lowest BCUT2D eigenvalue weighted by Crippen LogP contribution is -2.47. The summed E-state index contributed by atoms with van der Waals surface area (Å²) in [6.45, 7) is 5.07. The van der Waals surface area contributed by atoms with Crippen LogP contribution in [0.2, 0.25) is 5.02 Å². The molecule has 1 aromatic heterocycles. The second-order valence-electron chi connectivity index (χ2n) is 7.69. The summed E-state index contributed by atoms with van der Waals surface area (Å²) < 4.78 is 5.95. The summed E-state index contributed by atoms with van der Waals surface area (Å²) >= 11 is 8.06. The minimum absolute atomic E-state index is 0.300. The highest BCUT2D eigenvalue weighted by molar-refractivity contribution is 7.13. The maximum atomic E-state index is 11.7. The van der Waals surface area contributed by atoms with Crippen LogP contribution in [0.25, 0.3) is 10.1 Å². The lowest BCUT2D eigenvalue weighted by atomic mass is 10.0. The van der Waals surface area contributed by atoms with Crippen molar-refractivity contribution in [3.63, 3.8) is 0 Å². The average Bonchev–Trinajstić information content (AvgIpc) is 3.29. The summed E-state index contributed by atoms with van der Waals surface area (Å²) in [5.41, 5.74) is 3.45. The average molecular weight is 412 g/mol. The van der Waals surface area contributed by atoms with E-state index < -0.39 is 0 Å². The number of carbonyl (C=O) groups is 1. The van der Waals surface area contributed by atoms with Crippen LogP contribution in [0.1, 0.15) is 16.7 Å². The number of carbonyl (C=O) groups excluding carboxylic acids is 1. The summed E-state index contributed by atoms with van der Waals surface area (Å²) in [6.07, 6.45) is 2.04. The van der Waals surface area contributed by atoms with E-state index in [9.17, 15) is 4.79 Å². The van der Waals surface area contributed by atoms with Crippen LogP contribution in [0.5, 0.6) is 0 Å². The van der Waals surface area contributed by atoms with Crippen LogP contribution in [0.4, 0.5) is 5.82 Å². The van der Waals surface area contributed by atoms with E-state index in [0.29, 0.717) is 18.6 Å². The summed E-state index contributed by atoms with van der Waals surface area (Å²) in [7, 11) is 0. The number of halogens is 1. The number of Topliss-reactive ketones (excluding diaryl/α,β-unsaturated/α-hetero) is 1. The number of piperazine rings is 1. The van der Waals surface area contributed by atoms with Gasteiger partial charge in [-0.3, -0.25) is 9.69 Å². The Bertz CT molecular complexity index is 1040. The van der Waals surface area contributed by atoms with Crippen molar-refractivity contribution < 1.29 is 4.79 Å². The molecule has 0 unspecified atom stereocenters. The molecule has 0 saturated carbocycles. The molecule has 28 heavy (non-hydrogen) atoms. The van der Waals surface area contributed by atoms with Crippen molar-refractivity contribution >= 4 is 44.8 Å². The highest BCUT2D eigenvalue weighted by Crippen LogP contribution is 2.30. The minimum Gasteiger partial charge on any atom is -0.353 e. The van der Waals surface area contributed by atoms with Crippen molar-refractivity contribution in [2.24, 2.45) is 0 Å². The molecule has 3 aromatic rings. The third-order valence-corrected chi connectivity index (χ3v) is 7.04. The summed E-state index contributed by atoms with van der Waals surface area (Å²) in [6, 6.07) is 12.6. The monoisotopic (exact) mass is 411 g/mol. The Morgan fingerprint density at radius 3 is 2.61 bits per heavy atom. The van der Waals surface area contributed by atoms with Crippen molar-refractivity contribution in [2.45, 2.75) is 19.3 Å². The van der Waals surface area contributed by atoms with Crippen LogP contribution < -0.4 is 4.90 Å². The van der Waals surface area contributed by atoms with Gasteiger partial charge in [0.1, 0.15) is 11.6 Å². The lowest BCUT2D eigenvalue weighted by molar-refractivity contribution is -0.117. The largest absolute Gasteiger partial charge is 0.353 e. The number of nitrogens with zero attached hydrogens (tertiary/aromatic N) is 3. The Labute approximate surface area is 173 Å². The van der Waals surface area contributed by atoms with Crippen LogP contribution in [-0.2, 0) is 24.1 Å². The number of ketones is 1. The predicted molar refractivity (Wildman–Crippen MR) is 116 cm³/mol. The first-order valence-corrected chi connectivity index (χ1v) is 11.0. The third kappa shape index (κ3) is 3.43. The fourth-order valence-corrected chi connectivity index (χ4v) is 5.36. The first-order chi connectivity index (χ1) is 13.7. The molecule has 0 bridgehead atoms. The molecule has 144 valence electrons. The van der Waals surface area contributed by atoms with Gasteiger partial charge in [-0.05, 0) is 52.8 Å². The maximum absolute atomic E-state index is 11.7. The number of hydrogen-bond donors (Lipinski definition) is 0. The van der Waals surface area contributed by atoms with Crippen LogP contribution >= 0.6 is 23.1 Å². The second-order valence-corrected chi connectivity index (χ2v) is 8.90. The number of benzene rings is 2. The summed E-state index contributed by atoms with van der Waals surface area (Å²) in [4.78, 5) is 16.6. The van der Waals surface area contributed by atoms with Gasteiger partial charge in [0.25, 0.3) is 0 Å². The van der Waals surface area contributed by atoms with E-state index in [0.717, 1.165) is 55.5 Å². The SMILES string of the molecule is O=C1Cc2cc(Cl)c(CCN3CCN(c4nsc5ccccc45)CC3)cc2C1. The zero-order valence-corrected chi connectivity index (χ0v) is 17.2. The standard InChI is InChI=1S/C22H22ClN3OS/c23-20-14-17-13-18(27)12-16(17)11-15(20)5-6-25-7-9-26(10-8-25)22-19-3-1-2-4-21(19)28-24-22/h1-4,11,14H,5-10,12-13H2. The zero-order chi connectivity index (χ0) is 19.1. The molecule has 0 atom stereocenters. The summed E-state index contributed by atoms with van der Waals surface area (Å²) in [5.74, 6) is 1.43. The van der Waals surface area contributed by atoms with E-state index >= 15 is 0 Å². The van der Waals surface area contributed by atoms with Crippen molar-refractivity contribution in [3.05, 3.63) is 58.1 Å². The topological polar surface area (TPSA) is 36.4 Å². The molecule has 1 saturated heterocycles. The Hall–Kier alpha value is -1.95. The van der Waals surface area contributed by atoms with Crippen LogP contribution in [0.3, 0.4) is 0 Å². The molecular weight excluding hydrogens is 390 g/mol. The molecule has 1 fully saturated rings. The number of aromatic nitrogens is 1. The fraction of sp³-hybridized carbons (Fsp3) is 0.364. The van der Waals surface area contributed by atoms with Gasteiger partial charge < -0.3 is 4.90 Å². The zero-order valence-electron chi connectivity index (χ0n) is 15.7. The Kier molecular flexibility index (Phi) is 4.83. The Morgan fingerprint density at radius 1 is 1.04 bits per heavy atom. The summed E-state index contributed by atoms with van der Waals surface area (Å²) in [5, 5.41) is 2.07. The normalized spacial score (nSPS) is 17.5. The smallest absolute Gasteiger partial charge is 0.150 e. The fourth-order valence-electron chi connectivity index (χ4n) is 4.28. The maximum Gasteiger partial charge on any atom is 0.150 e. The molecule has 4 nitrogen and oxygen atoms in total.